The molecule has 40 heavy (non-hydrogen) atoms. The van der Waals surface area contributed by atoms with E-state index >= 15 is 0 Å². The van der Waals surface area contributed by atoms with Gasteiger partial charge in [-0.3, -0.25) is 9.59 Å². The fraction of sp³-hybridized carbons (Fsp3) is 0.448. The third-order valence-electron chi connectivity index (χ3n) is 5.78. The highest BCUT2D eigenvalue weighted by Crippen LogP contribution is 2.23. The summed E-state index contributed by atoms with van der Waals surface area (Å²) in [6, 6.07) is 3.93. The molecule has 0 aliphatic heterocycles. The predicted octanol–water partition coefficient (Wildman–Crippen LogP) is 3.40. The molecule has 1 unspecified atom stereocenters. The minimum Gasteiger partial charge on any atom is -0.494 e. The quantitative estimate of drug-likeness (QED) is 0.185. The first-order chi connectivity index (χ1) is 19.2. The van der Waals surface area contributed by atoms with Gasteiger partial charge in [-0.05, 0) is 46.0 Å². The number of hydrogen-bond donors (Lipinski definition) is 3. The number of hydrogen-bond acceptors (Lipinski definition) is 8. The predicted molar refractivity (Wildman–Crippen MR) is 156 cm³/mol. The fourth-order valence-electron chi connectivity index (χ4n) is 3.33. The van der Waals surface area contributed by atoms with E-state index in [2.05, 4.69) is 37.8 Å². The molecule has 1 heterocycles. The van der Waals surface area contributed by atoms with Crippen molar-refractivity contribution in [2.24, 2.45) is 0 Å². The van der Waals surface area contributed by atoms with Crippen LogP contribution in [0.1, 0.15) is 38.7 Å². The van der Waals surface area contributed by atoms with E-state index in [1.807, 2.05) is 25.9 Å². The summed E-state index contributed by atoms with van der Waals surface area (Å²) in [5.74, 6) is 6.31. The number of rotatable bonds is 14. The number of methoxy groups -OCH3 is 1. The summed E-state index contributed by atoms with van der Waals surface area (Å²) in [7, 11) is 6.85. The van der Waals surface area contributed by atoms with Gasteiger partial charge in [0.25, 0.3) is 0 Å². The highest BCUT2D eigenvalue weighted by Gasteiger charge is 2.20. The summed E-state index contributed by atoms with van der Waals surface area (Å²) >= 11 is 0. The Labute approximate surface area is 236 Å². The number of amides is 2. The van der Waals surface area contributed by atoms with E-state index in [1.54, 1.807) is 32.3 Å². The largest absolute Gasteiger partial charge is 0.494 e. The lowest BCUT2D eigenvalue weighted by atomic mass is 10.2. The average Bonchev–Trinajstić information content (AvgIpc) is 2.93. The van der Waals surface area contributed by atoms with Crippen LogP contribution >= 0.6 is 0 Å². The maximum atomic E-state index is 14.0. The van der Waals surface area contributed by atoms with E-state index < -0.39 is 11.9 Å². The standard InChI is InChI=1S/C29H40FN7O3/c1-7-16-31-27-22(20-33-29(35-27)34-23-14-15-25(40-6)24(30)19-23)12-9-8-10-17-32-28(39)21(2)37(5)26(38)13-11-18-36(3)4/h11,13-15,19-21H,7-8,10,16-18H2,1-6H3,(H,32,39)(H2,31,33,34,35). The molecule has 0 spiro atoms. The van der Waals surface area contributed by atoms with Gasteiger partial charge in [0.15, 0.2) is 11.6 Å². The second-order valence-corrected chi connectivity index (χ2v) is 9.34. The molecule has 10 nitrogen and oxygen atoms in total. The third kappa shape index (κ3) is 10.5. The Hall–Kier alpha value is -4.17. The highest BCUT2D eigenvalue weighted by atomic mass is 19.1. The molecular formula is C29H40FN7O3. The van der Waals surface area contributed by atoms with Crippen LogP contribution in [0.25, 0.3) is 0 Å². The number of carbonyl (C=O) groups is 2. The third-order valence-corrected chi connectivity index (χ3v) is 5.78. The summed E-state index contributed by atoms with van der Waals surface area (Å²) in [5.41, 5.74) is 1.13. The second kappa shape index (κ2) is 16.7. The number of nitrogens with zero attached hydrogens (tertiary/aromatic N) is 4. The zero-order chi connectivity index (χ0) is 29.5. The number of nitrogens with one attached hydrogen (secondary N) is 3. The van der Waals surface area contributed by atoms with Crippen molar-refractivity contribution in [3.63, 3.8) is 0 Å². The first-order valence-corrected chi connectivity index (χ1v) is 13.2. The Kier molecular flexibility index (Phi) is 13.4. The molecule has 1 aromatic heterocycles. The minimum atomic E-state index is -0.589. The van der Waals surface area contributed by atoms with Crippen LogP contribution in [0.5, 0.6) is 5.75 Å². The average molecular weight is 554 g/mol. The zero-order valence-electron chi connectivity index (χ0n) is 24.2. The maximum absolute atomic E-state index is 14.0. The number of halogens is 1. The highest BCUT2D eigenvalue weighted by molar-refractivity contribution is 5.92. The van der Waals surface area contributed by atoms with Crippen LogP contribution in [0.2, 0.25) is 0 Å². The molecular weight excluding hydrogens is 513 g/mol. The van der Waals surface area contributed by atoms with Crippen LogP contribution in [-0.2, 0) is 9.59 Å². The van der Waals surface area contributed by atoms with Crippen molar-refractivity contribution < 1.29 is 18.7 Å². The number of likely N-dealkylation sites (N-methyl/N-ethyl adjacent to an activating group) is 2. The van der Waals surface area contributed by atoms with E-state index in [0.29, 0.717) is 55.5 Å². The van der Waals surface area contributed by atoms with Gasteiger partial charge in [0.2, 0.25) is 17.8 Å². The van der Waals surface area contributed by atoms with Crippen LogP contribution in [-0.4, -0.2) is 85.5 Å². The van der Waals surface area contributed by atoms with Crippen LogP contribution < -0.4 is 20.7 Å². The van der Waals surface area contributed by atoms with Crippen molar-refractivity contribution in [2.75, 3.05) is 58.5 Å². The number of aromatic nitrogens is 2. The molecule has 2 aromatic rings. The van der Waals surface area contributed by atoms with Gasteiger partial charge in [-0.25, -0.2) is 9.37 Å². The van der Waals surface area contributed by atoms with Crippen molar-refractivity contribution >= 4 is 29.3 Å². The van der Waals surface area contributed by atoms with Gasteiger partial charge < -0.3 is 30.5 Å². The summed E-state index contributed by atoms with van der Waals surface area (Å²) in [4.78, 5) is 36.9. The summed E-state index contributed by atoms with van der Waals surface area (Å²) in [6.07, 6.45) is 6.96. The van der Waals surface area contributed by atoms with E-state index in [9.17, 15) is 14.0 Å². The van der Waals surface area contributed by atoms with Crippen LogP contribution in [0.4, 0.5) is 21.8 Å². The lowest BCUT2D eigenvalue weighted by Crippen LogP contribution is -2.45. The van der Waals surface area contributed by atoms with Gasteiger partial charge in [-0.15, -0.1) is 0 Å². The Bertz CT molecular complexity index is 1220. The van der Waals surface area contributed by atoms with E-state index in [0.717, 1.165) is 6.42 Å². The van der Waals surface area contributed by atoms with Crippen molar-refractivity contribution in [1.29, 1.82) is 0 Å². The number of anilines is 3. The molecule has 2 rings (SSSR count). The number of carbonyl (C=O) groups excluding carboxylic acids is 2. The van der Waals surface area contributed by atoms with Crippen molar-refractivity contribution in [2.45, 2.75) is 39.2 Å². The van der Waals surface area contributed by atoms with E-state index in [1.165, 1.54) is 30.2 Å². The van der Waals surface area contributed by atoms with E-state index in [4.69, 9.17) is 4.74 Å². The molecule has 11 heteroatoms. The molecule has 1 aromatic carbocycles. The molecule has 0 saturated heterocycles. The minimum absolute atomic E-state index is 0.155. The van der Waals surface area contributed by atoms with Crippen molar-refractivity contribution in [3.05, 3.63) is 47.9 Å². The molecule has 0 aliphatic carbocycles. The molecule has 2 amide bonds. The van der Waals surface area contributed by atoms with E-state index in [-0.39, 0.29) is 17.6 Å². The number of ether oxygens (including phenoxy) is 1. The SMILES string of the molecule is CCCNc1nc(Nc2ccc(OC)c(F)c2)ncc1C#CCCCNC(=O)C(C)N(C)C(=O)C=CCN(C)C. The Morgan fingerprint density at radius 3 is 2.67 bits per heavy atom. The van der Waals surface area contributed by atoms with Crippen molar-refractivity contribution in [1.82, 2.24) is 25.1 Å². The Morgan fingerprint density at radius 1 is 1.23 bits per heavy atom. The topological polar surface area (TPSA) is 112 Å². The van der Waals surface area contributed by atoms with Gasteiger partial charge >= 0.3 is 0 Å². The lowest BCUT2D eigenvalue weighted by molar-refractivity contribution is -0.135. The Morgan fingerprint density at radius 2 is 2.00 bits per heavy atom. The van der Waals surface area contributed by atoms with Crippen LogP contribution in [0, 0.1) is 17.7 Å². The van der Waals surface area contributed by atoms with Crippen LogP contribution in [0.15, 0.2) is 36.5 Å². The van der Waals surface area contributed by atoms with Gasteiger partial charge in [0.05, 0.1) is 18.9 Å². The molecule has 0 radical (unpaired) electrons. The first kappa shape index (κ1) is 32.0. The summed E-state index contributed by atoms with van der Waals surface area (Å²) in [5, 5.41) is 9.11. The van der Waals surface area contributed by atoms with Gasteiger partial charge in [0, 0.05) is 50.9 Å². The molecule has 0 aliphatic rings. The number of benzene rings is 1. The lowest BCUT2D eigenvalue weighted by Gasteiger charge is -2.23. The Balaban J connectivity index is 1.90. The molecule has 0 fully saturated rings. The smallest absolute Gasteiger partial charge is 0.246 e. The molecule has 3 N–H and O–H groups in total. The van der Waals surface area contributed by atoms with Crippen molar-refractivity contribution in [3.8, 4) is 17.6 Å². The fourth-order valence-corrected chi connectivity index (χ4v) is 3.33. The molecule has 0 bridgehead atoms. The van der Waals surface area contributed by atoms with Crippen LogP contribution in [0.3, 0.4) is 0 Å². The number of unbranched alkanes of at least 4 members (excludes halogenated alkanes) is 1. The maximum Gasteiger partial charge on any atom is 0.246 e. The summed E-state index contributed by atoms with van der Waals surface area (Å²) < 4.78 is 19.0. The first-order valence-electron chi connectivity index (χ1n) is 13.2. The zero-order valence-corrected chi connectivity index (χ0v) is 24.2. The van der Waals surface area contributed by atoms with Gasteiger partial charge in [-0.1, -0.05) is 24.8 Å². The molecule has 216 valence electrons. The monoisotopic (exact) mass is 553 g/mol. The van der Waals surface area contributed by atoms with Gasteiger partial charge in [0.1, 0.15) is 11.9 Å². The molecule has 1 atom stereocenters. The normalized spacial score (nSPS) is 11.5. The summed E-state index contributed by atoms with van der Waals surface area (Å²) in [6.45, 7) is 5.53. The molecule has 0 saturated carbocycles. The van der Waals surface area contributed by atoms with Gasteiger partial charge in [-0.2, -0.15) is 4.98 Å². The second-order valence-electron chi connectivity index (χ2n) is 9.34.